The smallest absolute Gasteiger partial charge is 0.0568 e. The fourth-order valence-corrected chi connectivity index (χ4v) is 3.38. The molecule has 2 aromatic rings. The number of hydrogen-bond donors (Lipinski definition) is 0. The summed E-state index contributed by atoms with van der Waals surface area (Å²) in [6, 6.07) is 6.75. The van der Waals surface area contributed by atoms with E-state index >= 15 is 0 Å². The van der Waals surface area contributed by atoms with E-state index < -0.39 is 0 Å². The Hall–Kier alpha value is -1.77. The predicted molar refractivity (Wildman–Crippen MR) is 105 cm³/mol. The van der Waals surface area contributed by atoms with Crippen LogP contribution in [0.25, 0.3) is 11.1 Å². The Balaban J connectivity index is 0.000000301. The Morgan fingerprint density at radius 1 is 1.08 bits per heavy atom. The highest BCUT2D eigenvalue weighted by molar-refractivity contribution is 5.68. The van der Waals surface area contributed by atoms with E-state index in [-0.39, 0.29) is 0 Å². The molecule has 0 bridgehead atoms. The van der Waals surface area contributed by atoms with E-state index in [0.717, 1.165) is 12.5 Å². The second-order valence-electron chi connectivity index (χ2n) is 7.14. The van der Waals surface area contributed by atoms with Gasteiger partial charge in [0.2, 0.25) is 0 Å². The van der Waals surface area contributed by atoms with Crippen molar-refractivity contribution >= 4 is 5.69 Å². The van der Waals surface area contributed by atoms with Crippen molar-refractivity contribution in [2.45, 2.75) is 52.9 Å². The van der Waals surface area contributed by atoms with Crippen LogP contribution in [-0.4, -0.2) is 23.4 Å². The molecule has 132 valence electrons. The highest BCUT2D eigenvalue weighted by Crippen LogP contribution is 2.32. The zero-order valence-corrected chi connectivity index (χ0v) is 16.0. The molecule has 3 heteroatoms. The third-order valence-electron chi connectivity index (χ3n) is 4.64. The minimum atomic E-state index is 0.728. The van der Waals surface area contributed by atoms with E-state index in [1.165, 1.54) is 54.5 Å². The minimum Gasteiger partial charge on any atom is -0.374 e. The van der Waals surface area contributed by atoms with E-state index in [1.54, 1.807) is 0 Å². The van der Waals surface area contributed by atoms with E-state index in [4.69, 9.17) is 0 Å². The molecule has 3 rings (SSSR count). The first kappa shape index (κ1) is 18.6. The first-order chi connectivity index (χ1) is 11.5. The lowest BCUT2D eigenvalue weighted by molar-refractivity contribution is 0.552. The van der Waals surface area contributed by atoms with Gasteiger partial charge in [0.1, 0.15) is 0 Å². The number of rotatable bonds is 4. The first-order valence-electron chi connectivity index (χ1n) is 9.38. The van der Waals surface area contributed by atoms with E-state index in [2.05, 4.69) is 62.2 Å². The van der Waals surface area contributed by atoms with Crippen LogP contribution in [0.15, 0.2) is 30.6 Å². The molecule has 0 radical (unpaired) electrons. The van der Waals surface area contributed by atoms with Gasteiger partial charge in [0.15, 0.2) is 0 Å². The number of aryl methyl sites for hydroxylation is 1. The van der Waals surface area contributed by atoms with Gasteiger partial charge in [-0.2, -0.15) is 5.10 Å². The van der Waals surface area contributed by atoms with Crippen molar-refractivity contribution < 1.29 is 0 Å². The van der Waals surface area contributed by atoms with Crippen LogP contribution in [-0.2, 0) is 13.5 Å². The van der Waals surface area contributed by atoms with Crippen LogP contribution in [0.4, 0.5) is 5.69 Å². The third-order valence-corrected chi connectivity index (χ3v) is 4.64. The monoisotopic (exact) mass is 327 g/mol. The Morgan fingerprint density at radius 3 is 2.38 bits per heavy atom. The molecule has 0 fully saturated rings. The molecule has 0 aliphatic carbocycles. The summed E-state index contributed by atoms with van der Waals surface area (Å²) in [6.07, 6.45) is 10.7. The fraction of sp³-hybridized carbons (Fsp3) is 0.571. The molecular formula is C21H33N3. The number of fused-ring (bicyclic) bond motifs is 1. The third kappa shape index (κ3) is 4.86. The topological polar surface area (TPSA) is 21.1 Å². The summed E-state index contributed by atoms with van der Waals surface area (Å²) in [5.41, 5.74) is 5.30. The minimum absolute atomic E-state index is 0.728. The zero-order valence-electron chi connectivity index (χ0n) is 16.0. The van der Waals surface area contributed by atoms with Crippen molar-refractivity contribution in [2.24, 2.45) is 13.0 Å². The van der Waals surface area contributed by atoms with Crippen LogP contribution in [0, 0.1) is 5.92 Å². The average molecular weight is 328 g/mol. The van der Waals surface area contributed by atoms with Crippen LogP contribution in [0.2, 0.25) is 0 Å². The van der Waals surface area contributed by atoms with Crippen molar-refractivity contribution in [3.8, 4) is 11.1 Å². The van der Waals surface area contributed by atoms with Crippen LogP contribution in [0.3, 0.4) is 0 Å². The van der Waals surface area contributed by atoms with Crippen molar-refractivity contribution in [3.05, 3.63) is 36.2 Å². The molecule has 0 N–H and O–H groups in total. The Bertz CT molecular complexity index is 626. The van der Waals surface area contributed by atoms with E-state index in [0.29, 0.717) is 0 Å². The molecule has 0 spiro atoms. The Labute approximate surface area is 147 Å². The van der Waals surface area contributed by atoms with Gasteiger partial charge in [-0.05, 0) is 35.6 Å². The van der Waals surface area contributed by atoms with Crippen LogP contribution >= 0.6 is 0 Å². The average Bonchev–Trinajstić information content (AvgIpc) is 2.99. The molecule has 24 heavy (non-hydrogen) atoms. The summed E-state index contributed by atoms with van der Waals surface area (Å²) in [7, 11) is 4.13. The van der Waals surface area contributed by atoms with Crippen LogP contribution in [0.1, 0.15) is 52.0 Å². The first-order valence-corrected chi connectivity index (χ1v) is 9.38. The lowest BCUT2D eigenvalue weighted by atomic mass is 9.92. The van der Waals surface area contributed by atoms with Gasteiger partial charge in [0.25, 0.3) is 0 Å². The molecule has 3 nitrogen and oxygen atoms in total. The van der Waals surface area contributed by atoms with E-state index in [9.17, 15) is 0 Å². The zero-order chi connectivity index (χ0) is 17.5. The normalized spacial score (nSPS) is 16.4. The molecule has 0 saturated carbocycles. The van der Waals surface area contributed by atoms with Gasteiger partial charge in [-0.25, -0.2) is 0 Å². The maximum atomic E-state index is 4.24. The Morgan fingerprint density at radius 2 is 1.79 bits per heavy atom. The van der Waals surface area contributed by atoms with Gasteiger partial charge in [-0.15, -0.1) is 0 Å². The molecule has 2 heterocycles. The van der Waals surface area contributed by atoms with E-state index in [1.807, 2.05) is 17.9 Å². The number of anilines is 1. The Kier molecular flexibility index (Phi) is 6.89. The number of nitrogens with zero attached hydrogens (tertiary/aromatic N) is 3. The van der Waals surface area contributed by atoms with Gasteiger partial charge < -0.3 is 4.90 Å². The standard InChI is InChI=1S/C15H19N3.C6H14/c1-11-6-13-7-12(14-8-16-18(3)10-14)4-5-15(13)17(2)9-11;1-3-5-6-4-2/h4-5,7-8,10-11H,6,9H2,1-3H3;3-6H2,1-2H3. The molecule has 1 aromatic carbocycles. The molecule has 1 aliphatic heterocycles. The summed E-state index contributed by atoms with van der Waals surface area (Å²) in [5.74, 6) is 0.728. The summed E-state index contributed by atoms with van der Waals surface area (Å²) >= 11 is 0. The molecular weight excluding hydrogens is 294 g/mol. The molecule has 0 saturated heterocycles. The summed E-state index contributed by atoms with van der Waals surface area (Å²) in [6.45, 7) is 7.93. The van der Waals surface area contributed by atoms with Crippen molar-refractivity contribution in [1.82, 2.24) is 9.78 Å². The number of hydrogen-bond acceptors (Lipinski definition) is 2. The van der Waals surface area contributed by atoms with Crippen molar-refractivity contribution in [2.75, 3.05) is 18.5 Å². The van der Waals surface area contributed by atoms with Crippen molar-refractivity contribution in [3.63, 3.8) is 0 Å². The SMILES string of the molecule is CC1Cc2cc(-c3cnn(C)c3)ccc2N(C)C1.CCCCCC. The largest absolute Gasteiger partial charge is 0.374 e. The highest BCUT2D eigenvalue weighted by Gasteiger charge is 2.19. The second-order valence-corrected chi connectivity index (χ2v) is 7.14. The number of aromatic nitrogens is 2. The maximum Gasteiger partial charge on any atom is 0.0568 e. The van der Waals surface area contributed by atoms with Crippen molar-refractivity contribution in [1.29, 1.82) is 0 Å². The number of benzene rings is 1. The predicted octanol–water partition coefficient (Wildman–Crippen LogP) is 5.30. The molecule has 1 aliphatic rings. The second kappa shape index (κ2) is 8.91. The van der Waals surface area contributed by atoms with Crippen LogP contribution < -0.4 is 4.90 Å². The van der Waals surface area contributed by atoms with Gasteiger partial charge in [-0.1, -0.05) is 52.5 Å². The highest BCUT2D eigenvalue weighted by atomic mass is 15.2. The molecule has 0 amide bonds. The number of unbranched alkanes of at least 4 members (excludes halogenated alkanes) is 3. The summed E-state index contributed by atoms with van der Waals surface area (Å²) in [5, 5.41) is 4.24. The van der Waals surface area contributed by atoms with Gasteiger partial charge in [0.05, 0.1) is 6.20 Å². The molecule has 1 aromatic heterocycles. The molecule has 1 unspecified atom stereocenters. The van der Waals surface area contributed by atoms with Gasteiger partial charge in [-0.3, -0.25) is 4.68 Å². The van der Waals surface area contributed by atoms with Gasteiger partial charge in [0, 0.05) is 38.1 Å². The maximum absolute atomic E-state index is 4.24. The summed E-state index contributed by atoms with van der Waals surface area (Å²) in [4.78, 5) is 2.36. The lowest BCUT2D eigenvalue weighted by Gasteiger charge is -2.32. The fourth-order valence-electron chi connectivity index (χ4n) is 3.38. The summed E-state index contributed by atoms with van der Waals surface area (Å²) < 4.78 is 1.85. The van der Waals surface area contributed by atoms with Gasteiger partial charge >= 0.3 is 0 Å². The molecule has 1 atom stereocenters. The lowest BCUT2D eigenvalue weighted by Crippen LogP contribution is -2.30. The quantitative estimate of drug-likeness (QED) is 0.710. The van der Waals surface area contributed by atoms with Crippen LogP contribution in [0.5, 0.6) is 0 Å².